The number of benzene rings is 2. The zero-order valence-corrected chi connectivity index (χ0v) is 14.9. The highest BCUT2D eigenvalue weighted by molar-refractivity contribution is 6.00. The highest BCUT2D eigenvalue weighted by atomic mass is 19.1. The van der Waals surface area contributed by atoms with E-state index in [4.69, 9.17) is 0 Å². The van der Waals surface area contributed by atoms with Crippen molar-refractivity contribution in [3.8, 4) is 17.0 Å². The quantitative estimate of drug-likeness (QED) is 0.709. The number of nitrogens with one attached hydrogen (secondary N) is 1. The number of halogens is 1. The number of phenolic OH excluding ortho intramolecular Hbond substituents is 1. The molecule has 0 spiro atoms. The van der Waals surface area contributed by atoms with Crippen LogP contribution in [0.5, 0.6) is 5.75 Å². The first kappa shape index (κ1) is 17.3. The first-order valence-corrected chi connectivity index (χ1v) is 9.05. The molecule has 0 saturated heterocycles. The van der Waals surface area contributed by atoms with Crippen molar-refractivity contribution >= 4 is 5.91 Å². The SMILES string of the molecule is CCCCN1C(=O)c2[nH]nc(-c3ccccc3O)c2[C@H]1c1ccc(F)cc1. The van der Waals surface area contributed by atoms with Crippen molar-refractivity contribution in [2.24, 2.45) is 0 Å². The summed E-state index contributed by atoms with van der Waals surface area (Å²) >= 11 is 0. The maximum atomic E-state index is 13.5. The van der Waals surface area contributed by atoms with E-state index >= 15 is 0 Å². The Kier molecular flexibility index (Phi) is 4.39. The summed E-state index contributed by atoms with van der Waals surface area (Å²) in [6, 6.07) is 12.7. The van der Waals surface area contributed by atoms with Crippen LogP contribution >= 0.6 is 0 Å². The molecule has 1 amide bonds. The van der Waals surface area contributed by atoms with Gasteiger partial charge in [-0.25, -0.2) is 4.39 Å². The molecule has 2 aromatic carbocycles. The van der Waals surface area contributed by atoms with Crippen LogP contribution in [0.25, 0.3) is 11.3 Å². The summed E-state index contributed by atoms with van der Waals surface area (Å²) in [4.78, 5) is 14.8. The number of unbranched alkanes of at least 4 members (excludes halogenated alkanes) is 1. The molecule has 4 rings (SSSR count). The zero-order chi connectivity index (χ0) is 19.0. The monoisotopic (exact) mass is 365 g/mol. The Balaban J connectivity index is 1.88. The van der Waals surface area contributed by atoms with Gasteiger partial charge in [0.05, 0.1) is 6.04 Å². The van der Waals surface area contributed by atoms with E-state index in [9.17, 15) is 14.3 Å². The van der Waals surface area contributed by atoms with E-state index in [0.717, 1.165) is 24.0 Å². The number of carbonyl (C=O) groups excluding carboxylic acids is 1. The summed E-state index contributed by atoms with van der Waals surface area (Å²) in [5.74, 6) is -0.345. The van der Waals surface area contributed by atoms with Crippen LogP contribution in [0.15, 0.2) is 48.5 Å². The largest absolute Gasteiger partial charge is 0.507 e. The normalized spacial score (nSPS) is 16.0. The highest BCUT2D eigenvalue weighted by Gasteiger charge is 2.42. The summed E-state index contributed by atoms with van der Waals surface area (Å²) in [5, 5.41) is 17.5. The third kappa shape index (κ3) is 2.87. The summed E-state index contributed by atoms with van der Waals surface area (Å²) in [5.41, 5.74) is 3.08. The summed E-state index contributed by atoms with van der Waals surface area (Å²) in [7, 11) is 0. The second-order valence-electron chi connectivity index (χ2n) is 6.68. The molecular weight excluding hydrogens is 345 g/mol. The number of fused-ring (bicyclic) bond motifs is 1. The Morgan fingerprint density at radius 3 is 2.63 bits per heavy atom. The van der Waals surface area contributed by atoms with Crippen molar-refractivity contribution in [2.45, 2.75) is 25.8 Å². The van der Waals surface area contributed by atoms with Gasteiger partial charge in [0.15, 0.2) is 0 Å². The Morgan fingerprint density at radius 2 is 1.93 bits per heavy atom. The number of aromatic amines is 1. The molecule has 1 aromatic heterocycles. The van der Waals surface area contributed by atoms with Crippen LogP contribution in [-0.4, -0.2) is 32.7 Å². The zero-order valence-electron chi connectivity index (χ0n) is 14.9. The van der Waals surface area contributed by atoms with E-state index in [1.54, 1.807) is 35.2 Å². The summed E-state index contributed by atoms with van der Waals surface area (Å²) in [6.07, 6.45) is 1.82. The number of amides is 1. The second kappa shape index (κ2) is 6.87. The van der Waals surface area contributed by atoms with E-state index in [1.807, 2.05) is 6.07 Å². The lowest BCUT2D eigenvalue weighted by atomic mass is 9.95. The molecule has 0 radical (unpaired) electrons. The number of para-hydroxylation sites is 1. The van der Waals surface area contributed by atoms with Gasteiger partial charge in [-0.1, -0.05) is 37.6 Å². The number of nitrogens with zero attached hydrogens (tertiary/aromatic N) is 2. The molecule has 0 aliphatic carbocycles. The van der Waals surface area contributed by atoms with E-state index in [2.05, 4.69) is 17.1 Å². The molecule has 138 valence electrons. The first-order chi connectivity index (χ1) is 13.1. The number of aromatic nitrogens is 2. The van der Waals surface area contributed by atoms with Crippen LogP contribution in [0.1, 0.15) is 47.4 Å². The van der Waals surface area contributed by atoms with Gasteiger partial charge in [-0.05, 0) is 36.2 Å². The van der Waals surface area contributed by atoms with Crippen molar-refractivity contribution in [1.29, 1.82) is 0 Å². The highest BCUT2D eigenvalue weighted by Crippen LogP contribution is 2.44. The van der Waals surface area contributed by atoms with Gasteiger partial charge < -0.3 is 10.0 Å². The van der Waals surface area contributed by atoms with Gasteiger partial charge in [-0.15, -0.1) is 0 Å². The Morgan fingerprint density at radius 1 is 1.19 bits per heavy atom. The minimum Gasteiger partial charge on any atom is -0.507 e. The maximum Gasteiger partial charge on any atom is 0.273 e. The molecule has 0 bridgehead atoms. The lowest BCUT2D eigenvalue weighted by molar-refractivity contribution is 0.0741. The van der Waals surface area contributed by atoms with Gasteiger partial charge in [-0.3, -0.25) is 9.89 Å². The van der Waals surface area contributed by atoms with Gasteiger partial charge >= 0.3 is 0 Å². The molecule has 1 aliphatic rings. The summed E-state index contributed by atoms with van der Waals surface area (Å²) in [6.45, 7) is 2.67. The maximum absolute atomic E-state index is 13.5. The molecule has 1 aliphatic heterocycles. The average molecular weight is 365 g/mol. The van der Waals surface area contributed by atoms with Gasteiger partial charge in [0.2, 0.25) is 0 Å². The van der Waals surface area contributed by atoms with Crippen LogP contribution < -0.4 is 0 Å². The molecule has 27 heavy (non-hydrogen) atoms. The first-order valence-electron chi connectivity index (χ1n) is 9.05. The van der Waals surface area contributed by atoms with Crippen molar-refractivity contribution < 1.29 is 14.3 Å². The van der Waals surface area contributed by atoms with Crippen LogP contribution in [-0.2, 0) is 0 Å². The van der Waals surface area contributed by atoms with Gasteiger partial charge in [-0.2, -0.15) is 5.10 Å². The molecule has 2 heterocycles. The Bertz CT molecular complexity index is 981. The lowest BCUT2D eigenvalue weighted by Gasteiger charge is -2.26. The third-order valence-corrected chi connectivity index (χ3v) is 4.96. The molecular formula is C21H20FN3O2. The van der Waals surface area contributed by atoms with E-state index in [1.165, 1.54) is 12.1 Å². The smallest absolute Gasteiger partial charge is 0.273 e. The van der Waals surface area contributed by atoms with Crippen LogP contribution in [0.2, 0.25) is 0 Å². The van der Waals surface area contributed by atoms with Crippen molar-refractivity contribution in [2.75, 3.05) is 6.54 Å². The van der Waals surface area contributed by atoms with Crippen molar-refractivity contribution in [3.05, 3.63) is 71.2 Å². The second-order valence-corrected chi connectivity index (χ2v) is 6.68. The van der Waals surface area contributed by atoms with E-state index in [-0.39, 0.29) is 23.5 Å². The fraction of sp³-hybridized carbons (Fsp3) is 0.238. The Hall–Kier alpha value is -3.15. The molecule has 1 atom stereocenters. The van der Waals surface area contributed by atoms with Crippen LogP contribution in [0.3, 0.4) is 0 Å². The predicted molar refractivity (Wildman–Crippen MR) is 99.9 cm³/mol. The summed E-state index contributed by atoms with van der Waals surface area (Å²) < 4.78 is 13.5. The molecule has 5 nitrogen and oxygen atoms in total. The number of hydrogen-bond acceptors (Lipinski definition) is 3. The van der Waals surface area contributed by atoms with Gasteiger partial charge in [0.1, 0.15) is 23.0 Å². The van der Waals surface area contributed by atoms with Crippen molar-refractivity contribution in [3.63, 3.8) is 0 Å². The van der Waals surface area contributed by atoms with E-state index in [0.29, 0.717) is 23.5 Å². The molecule has 0 fully saturated rings. The number of phenols is 1. The molecule has 6 heteroatoms. The molecule has 3 aromatic rings. The fourth-order valence-electron chi connectivity index (χ4n) is 3.63. The number of carbonyl (C=O) groups is 1. The minimum atomic E-state index is -0.368. The molecule has 0 saturated carbocycles. The molecule has 2 N–H and O–H groups in total. The number of aromatic hydroxyl groups is 1. The average Bonchev–Trinajstić information content (AvgIpc) is 3.21. The minimum absolute atomic E-state index is 0.101. The van der Waals surface area contributed by atoms with Crippen molar-refractivity contribution in [1.82, 2.24) is 15.1 Å². The lowest BCUT2D eigenvalue weighted by Crippen LogP contribution is -2.30. The predicted octanol–water partition coefficient (Wildman–Crippen LogP) is 4.27. The van der Waals surface area contributed by atoms with Crippen LogP contribution in [0.4, 0.5) is 4.39 Å². The standard InChI is InChI=1S/C21H20FN3O2/c1-2-3-12-25-20(13-8-10-14(22)11-9-13)17-18(23-24-19(17)21(25)27)15-6-4-5-7-16(15)26/h4-11,20,26H,2-3,12H2,1H3,(H,23,24)/t20-/m1/s1. The topological polar surface area (TPSA) is 69.2 Å². The number of hydrogen-bond donors (Lipinski definition) is 2. The third-order valence-electron chi connectivity index (χ3n) is 4.96. The van der Waals surface area contributed by atoms with Crippen LogP contribution in [0, 0.1) is 5.82 Å². The molecule has 0 unspecified atom stereocenters. The van der Waals surface area contributed by atoms with Gasteiger partial charge in [0.25, 0.3) is 5.91 Å². The fourth-order valence-corrected chi connectivity index (χ4v) is 3.63. The number of H-pyrrole nitrogens is 1. The number of rotatable bonds is 5. The van der Waals surface area contributed by atoms with E-state index < -0.39 is 0 Å². The van der Waals surface area contributed by atoms with Gasteiger partial charge in [0, 0.05) is 17.7 Å². The Labute approximate surface area is 156 Å².